The zero-order valence-corrected chi connectivity index (χ0v) is 9.66. The molecule has 1 aromatic carbocycles. The average Bonchev–Trinajstić information content (AvgIpc) is 2.60. The molecule has 3 heteroatoms. The average molecular weight is 224 g/mol. The lowest BCUT2D eigenvalue weighted by atomic mass is 9.91. The van der Waals surface area contributed by atoms with E-state index in [0.717, 1.165) is 22.7 Å². The van der Waals surface area contributed by atoms with Crippen LogP contribution in [0.5, 0.6) is 0 Å². The summed E-state index contributed by atoms with van der Waals surface area (Å²) in [6.07, 6.45) is 1.17. The minimum absolute atomic E-state index is 0.154. The Morgan fingerprint density at radius 2 is 2.13 bits per heavy atom. The van der Waals surface area contributed by atoms with Gasteiger partial charge in [0.15, 0.2) is 0 Å². The van der Waals surface area contributed by atoms with E-state index in [2.05, 4.69) is 12.1 Å². The van der Waals surface area contributed by atoms with Crippen molar-refractivity contribution >= 4 is 17.3 Å². The number of benzene rings is 1. The minimum atomic E-state index is 0.154. The Kier molecular flexibility index (Phi) is 2.96. The number of oxime groups is 1. The Morgan fingerprint density at radius 3 is 2.80 bits per heavy atom. The first-order chi connectivity index (χ1) is 7.24. The highest BCUT2D eigenvalue weighted by Gasteiger charge is 2.30. The van der Waals surface area contributed by atoms with Gasteiger partial charge in [0.25, 0.3) is 0 Å². The second-order valence-corrected chi connectivity index (χ2v) is 4.19. The lowest BCUT2D eigenvalue weighted by molar-refractivity contribution is 0.0753. The van der Waals surface area contributed by atoms with Crippen LogP contribution in [-0.4, -0.2) is 11.8 Å². The van der Waals surface area contributed by atoms with Crippen molar-refractivity contribution < 1.29 is 4.84 Å². The molecule has 0 radical (unpaired) electrons. The summed E-state index contributed by atoms with van der Waals surface area (Å²) in [7, 11) is 0. The fourth-order valence-electron chi connectivity index (χ4n) is 1.95. The Bertz CT molecular complexity index is 389. The van der Waals surface area contributed by atoms with Gasteiger partial charge in [-0.15, -0.1) is 0 Å². The van der Waals surface area contributed by atoms with Crippen LogP contribution in [0.25, 0.3) is 0 Å². The molecule has 1 aliphatic heterocycles. The van der Waals surface area contributed by atoms with E-state index in [1.54, 1.807) is 0 Å². The first kappa shape index (κ1) is 10.5. The van der Waals surface area contributed by atoms with E-state index in [9.17, 15) is 0 Å². The van der Waals surface area contributed by atoms with E-state index in [1.807, 2.05) is 31.2 Å². The van der Waals surface area contributed by atoms with E-state index < -0.39 is 0 Å². The molecule has 2 atom stereocenters. The third kappa shape index (κ3) is 1.86. The molecule has 0 N–H and O–H groups in total. The fraction of sp³-hybridized carbons (Fsp3) is 0.417. The molecule has 0 amide bonds. The quantitative estimate of drug-likeness (QED) is 0.752. The molecule has 0 saturated carbocycles. The van der Waals surface area contributed by atoms with Crippen LogP contribution in [0, 0.1) is 5.92 Å². The summed E-state index contributed by atoms with van der Waals surface area (Å²) in [6, 6.07) is 7.77. The predicted molar refractivity (Wildman–Crippen MR) is 62.3 cm³/mol. The minimum Gasteiger partial charge on any atom is -0.392 e. The maximum absolute atomic E-state index is 6.14. The van der Waals surface area contributed by atoms with Crippen LogP contribution < -0.4 is 0 Å². The van der Waals surface area contributed by atoms with Crippen LogP contribution in [0.15, 0.2) is 29.4 Å². The zero-order chi connectivity index (χ0) is 10.8. The van der Waals surface area contributed by atoms with Crippen molar-refractivity contribution in [2.45, 2.75) is 26.4 Å². The first-order valence-electron chi connectivity index (χ1n) is 5.22. The first-order valence-corrected chi connectivity index (χ1v) is 5.60. The molecule has 2 nitrogen and oxygen atoms in total. The van der Waals surface area contributed by atoms with Gasteiger partial charge in [0.05, 0.1) is 5.71 Å². The molecule has 0 fully saturated rings. The number of halogens is 1. The maximum Gasteiger partial charge on any atom is 0.133 e. The van der Waals surface area contributed by atoms with Gasteiger partial charge in [-0.25, -0.2) is 0 Å². The topological polar surface area (TPSA) is 21.6 Å². The molecule has 2 rings (SSSR count). The highest BCUT2D eigenvalue weighted by Crippen LogP contribution is 2.28. The van der Waals surface area contributed by atoms with Crippen LogP contribution in [-0.2, 0) is 4.84 Å². The summed E-state index contributed by atoms with van der Waals surface area (Å²) in [5, 5.41) is 4.88. The highest BCUT2D eigenvalue weighted by molar-refractivity contribution is 6.34. The molecule has 15 heavy (non-hydrogen) atoms. The third-order valence-electron chi connectivity index (χ3n) is 2.82. The fourth-order valence-corrected chi connectivity index (χ4v) is 2.18. The summed E-state index contributed by atoms with van der Waals surface area (Å²) in [5.74, 6) is 0.352. The summed E-state index contributed by atoms with van der Waals surface area (Å²) >= 11 is 6.14. The molecule has 0 spiro atoms. The van der Waals surface area contributed by atoms with Gasteiger partial charge in [-0.1, -0.05) is 41.9 Å². The van der Waals surface area contributed by atoms with Crippen LogP contribution in [0.3, 0.4) is 0 Å². The van der Waals surface area contributed by atoms with Crippen molar-refractivity contribution in [2.75, 3.05) is 0 Å². The van der Waals surface area contributed by atoms with E-state index in [4.69, 9.17) is 16.4 Å². The predicted octanol–water partition coefficient (Wildman–Crippen LogP) is 3.49. The van der Waals surface area contributed by atoms with Crippen molar-refractivity contribution in [2.24, 2.45) is 11.1 Å². The van der Waals surface area contributed by atoms with Crippen LogP contribution in [0.1, 0.15) is 25.8 Å². The second-order valence-electron chi connectivity index (χ2n) is 3.78. The SMILES string of the molecule is CCC1C(c2ccccc2Cl)=NOC1C. The molecule has 0 bridgehead atoms. The van der Waals surface area contributed by atoms with Crippen LogP contribution in [0.2, 0.25) is 5.02 Å². The van der Waals surface area contributed by atoms with Gasteiger partial charge in [0.2, 0.25) is 0 Å². The van der Waals surface area contributed by atoms with Crippen molar-refractivity contribution in [3.63, 3.8) is 0 Å². The smallest absolute Gasteiger partial charge is 0.133 e. The maximum atomic E-state index is 6.14. The van der Waals surface area contributed by atoms with Gasteiger partial charge in [-0.3, -0.25) is 0 Å². The molecule has 1 aliphatic rings. The van der Waals surface area contributed by atoms with Crippen molar-refractivity contribution in [1.82, 2.24) is 0 Å². The monoisotopic (exact) mass is 223 g/mol. The van der Waals surface area contributed by atoms with Crippen molar-refractivity contribution in [3.05, 3.63) is 34.9 Å². The van der Waals surface area contributed by atoms with E-state index in [0.29, 0.717) is 5.92 Å². The van der Waals surface area contributed by atoms with E-state index in [-0.39, 0.29) is 6.10 Å². The summed E-state index contributed by atoms with van der Waals surface area (Å²) in [4.78, 5) is 5.31. The number of nitrogens with zero attached hydrogens (tertiary/aromatic N) is 1. The molecule has 0 aliphatic carbocycles. The summed E-state index contributed by atoms with van der Waals surface area (Å²) in [5.41, 5.74) is 1.98. The third-order valence-corrected chi connectivity index (χ3v) is 3.15. The number of rotatable bonds is 2. The molecular formula is C12H14ClNO. The molecule has 2 unspecified atom stereocenters. The molecule has 0 saturated heterocycles. The molecule has 80 valence electrons. The van der Waals surface area contributed by atoms with Gasteiger partial charge in [0, 0.05) is 16.5 Å². The lowest BCUT2D eigenvalue weighted by Crippen LogP contribution is -2.20. The van der Waals surface area contributed by atoms with E-state index in [1.165, 1.54) is 0 Å². The Hall–Kier alpha value is -1.02. The van der Waals surface area contributed by atoms with Crippen molar-refractivity contribution in [1.29, 1.82) is 0 Å². The summed E-state index contributed by atoms with van der Waals surface area (Å²) in [6.45, 7) is 4.18. The van der Waals surface area contributed by atoms with Crippen molar-refractivity contribution in [3.8, 4) is 0 Å². The Morgan fingerprint density at radius 1 is 1.40 bits per heavy atom. The second kappa shape index (κ2) is 4.23. The van der Waals surface area contributed by atoms with Crippen LogP contribution >= 0.6 is 11.6 Å². The highest BCUT2D eigenvalue weighted by atomic mass is 35.5. The molecule has 1 heterocycles. The number of hydrogen-bond donors (Lipinski definition) is 0. The Balaban J connectivity index is 2.36. The molecule has 0 aromatic heterocycles. The largest absolute Gasteiger partial charge is 0.392 e. The van der Waals surface area contributed by atoms with Gasteiger partial charge < -0.3 is 4.84 Å². The van der Waals surface area contributed by atoms with Gasteiger partial charge in [-0.05, 0) is 19.4 Å². The molecular weight excluding hydrogens is 210 g/mol. The normalized spacial score (nSPS) is 24.9. The van der Waals surface area contributed by atoms with Gasteiger partial charge >= 0.3 is 0 Å². The van der Waals surface area contributed by atoms with E-state index >= 15 is 0 Å². The van der Waals surface area contributed by atoms with Gasteiger partial charge in [0.1, 0.15) is 6.10 Å². The lowest BCUT2D eigenvalue weighted by Gasteiger charge is -2.13. The van der Waals surface area contributed by atoms with Crippen LogP contribution in [0.4, 0.5) is 0 Å². The Labute approximate surface area is 94.9 Å². The van der Waals surface area contributed by atoms with Gasteiger partial charge in [-0.2, -0.15) is 0 Å². The zero-order valence-electron chi connectivity index (χ0n) is 8.90. The standard InChI is InChI=1S/C12H14ClNO/c1-3-9-8(2)15-14-12(9)10-6-4-5-7-11(10)13/h4-9H,3H2,1-2H3. The number of hydrogen-bond acceptors (Lipinski definition) is 2. The molecule has 1 aromatic rings. The summed E-state index contributed by atoms with van der Waals surface area (Å²) < 4.78 is 0.